The van der Waals surface area contributed by atoms with Gasteiger partial charge < -0.3 is 15.2 Å². The first-order valence-corrected chi connectivity index (χ1v) is 10.3. The molecule has 1 aliphatic heterocycles. The number of benzene rings is 1. The van der Waals surface area contributed by atoms with E-state index in [1.807, 2.05) is 0 Å². The third-order valence-electron chi connectivity index (χ3n) is 5.77. The Balaban J connectivity index is 1.86. The van der Waals surface area contributed by atoms with E-state index in [9.17, 15) is 18.0 Å². The second-order valence-electron chi connectivity index (χ2n) is 7.71. The highest BCUT2D eigenvalue weighted by Gasteiger charge is 2.36. The van der Waals surface area contributed by atoms with Gasteiger partial charge in [-0.2, -0.15) is 13.2 Å². The Kier molecular flexibility index (Phi) is 7.04. The number of hydrogen-bond acceptors (Lipinski definition) is 3. The molecule has 0 aliphatic carbocycles. The van der Waals surface area contributed by atoms with Gasteiger partial charge in [0.05, 0.1) is 11.6 Å². The van der Waals surface area contributed by atoms with Crippen molar-refractivity contribution in [2.75, 3.05) is 26.7 Å². The largest absolute Gasteiger partial charge is 0.416 e. The van der Waals surface area contributed by atoms with Gasteiger partial charge in [0.25, 0.3) is 0 Å². The fraction of sp³-hybridized carbons (Fsp3) is 0.455. The van der Waals surface area contributed by atoms with Crippen molar-refractivity contribution in [2.24, 2.45) is 0 Å². The number of piperidine rings is 1. The van der Waals surface area contributed by atoms with E-state index in [1.54, 1.807) is 36.5 Å². The van der Waals surface area contributed by atoms with E-state index in [0.717, 1.165) is 0 Å². The molecule has 1 saturated heterocycles. The van der Waals surface area contributed by atoms with E-state index < -0.39 is 17.8 Å². The summed E-state index contributed by atoms with van der Waals surface area (Å²) in [6.45, 7) is 6.88. The number of carbonyl (C=O) groups excluding carboxylic acids is 1. The van der Waals surface area contributed by atoms with Gasteiger partial charge in [0.1, 0.15) is 5.82 Å². The zero-order valence-electron chi connectivity index (χ0n) is 17.7. The molecule has 2 aromatic rings. The highest BCUT2D eigenvalue weighted by Crippen LogP contribution is 2.36. The smallest absolute Gasteiger partial charge is 0.347 e. The number of aromatic nitrogens is 2. The molecular formula is C22H28F3N5O. The van der Waals surface area contributed by atoms with E-state index in [-0.39, 0.29) is 17.6 Å². The summed E-state index contributed by atoms with van der Waals surface area (Å²) in [5.74, 6) is 0.602. The van der Waals surface area contributed by atoms with Crippen LogP contribution >= 0.6 is 0 Å². The number of alkyl halides is 3. The van der Waals surface area contributed by atoms with Gasteiger partial charge in [-0.25, -0.2) is 9.78 Å². The Labute approximate surface area is 180 Å². The number of rotatable bonds is 6. The van der Waals surface area contributed by atoms with Gasteiger partial charge in [0.2, 0.25) is 0 Å². The molecule has 2 N–H and O–H groups in total. The Morgan fingerprint density at radius 2 is 2.13 bits per heavy atom. The highest BCUT2D eigenvalue weighted by atomic mass is 19.4. The predicted molar refractivity (Wildman–Crippen MR) is 113 cm³/mol. The molecule has 1 atom stereocenters. The predicted octanol–water partition coefficient (Wildman–Crippen LogP) is 4.12. The van der Waals surface area contributed by atoms with Crippen molar-refractivity contribution in [3.05, 3.63) is 65.8 Å². The molecule has 2 heterocycles. The molecule has 1 aromatic heterocycles. The molecule has 168 valence electrons. The maximum absolute atomic E-state index is 13.5. The number of aromatic amines is 1. The molecule has 2 amide bonds. The van der Waals surface area contributed by atoms with E-state index in [4.69, 9.17) is 0 Å². The standard InChI is InChI=1S/C22H28F3N5O/c1-4-11-30(21(31)26-3)17-7-12-29(13-8-17)19(20-27-9-10-28-20)16-6-5-15(2)18(14-16)22(23,24)25/h4-6,9-10,14,17,19H,1,7-8,11-13H2,2-3H3,(H,26,31)(H,27,28). The van der Waals surface area contributed by atoms with Crippen LogP contribution in [0.4, 0.5) is 18.0 Å². The van der Waals surface area contributed by atoms with Crippen molar-refractivity contribution >= 4 is 6.03 Å². The average Bonchev–Trinajstić information content (AvgIpc) is 3.27. The van der Waals surface area contributed by atoms with Gasteiger partial charge >= 0.3 is 12.2 Å². The van der Waals surface area contributed by atoms with Gasteiger partial charge in [0.15, 0.2) is 0 Å². The minimum atomic E-state index is -4.42. The first kappa shape index (κ1) is 22.9. The number of urea groups is 1. The minimum absolute atomic E-state index is 0.0372. The van der Waals surface area contributed by atoms with E-state index >= 15 is 0 Å². The van der Waals surface area contributed by atoms with Crippen LogP contribution in [-0.2, 0) is 6.18 Å². The molecule has 0 spiro atoms. The third kappa shape index (κ3) is 5.10. The molecule has 3 rings (SSSR count). The second-order valence-corrected chi connectivity index (χ2v) is 7.71. The number of hydrogen-bond donors (Lipinski definition) is 2. The first-order chi connectivity index (χ1) is 14.8. The molecule has 9 heteroatoms. The van der Waals surface area contributed by atoms with Crippen molar-refractivity contribution in [3.8, 4) is 0 Å². The Morgan fingerprint density at radius 1 is 1.42 bits per heavy atom. The number of nitrogens with zero attached hydrogens (tertiary/aromatic N) is 3. The van der Waals surface area contributed by atoms with Crippen LogP contribution in [-0.4, -0.2) is 58.5 Å². The summed E-state index contributed by atoms with van der Waals surface area (Å²) in [5.41, 5.74) is 0.104. The fourth-order valence-electron chi connectivity index (χ4n) is 4.22. The number of carbonyl (C=O) groups is 1. The quantitative estimate of drug-likeness (QED) is 0.671. The normalized spacial score (nSPS) is 16.7. The van der Waals surface area contributed by atoms with E-state index in [0.29, 0.717) is 43.9 Å². The fourth-order valence-corrected chi connectivity index (χ4v) is 4.22. The average molecular weight is 435 g/mol. The number of H-pyrrole nitrogens is 1. The van der Waals surface area contributed by atoms with Crippen molar-refractivity contribution < 1.29 is 18.0 Å². The molecule has 0 radical (unpaired) electrons. The Morgan fingerprint density at radius 3 is 2.68 bits per heavy atom. The maximum Gasteiger partial charge on any atom is 0.416 e. The van der Waals surface area contributed by atoms with Crippen LogP contribution in [0.15, 0.2) is 43.2 Å². The molecule has 6 nitrogen and oxygen atoms in total. The molecule has 1 fully saturated rings. The molecule has 1 aliphatic rings. The highest BCUT2D eigenvalue weighted by molar-refractivity contribution is 5.74. The molecule has 1 unspecified atom stereocenters. The van der Waals surface area contributed by atoms with Crippen LogP contribution < -0.4 is 5.32 Å². The maximum atomic E-state index is 13.5. The number of nitrogens with one attached hydrogen (secondary N) is 2. The lowest BCUT2D eigenvalue weighted by molar-refractivity contribution is -0.138. The zero-order chi connectivity index (χ0) is 22.6. The van der Waals surface area contributed by atoms with Crippen molar-refractivity contribution in [1.29, 1.82) is 0 Å². The van der Waals surface area contributed by atoms with Crippen molar-refractivity contribution in [3.63, 3.8) is 0 Å². The topological polar surface area (TPSA) is 64.3 Å². The number of likely N-dealkylation sites (tertiary alicyclic amines) is 1. The van der Waals surface area contributed by atoms with E-state index in [2.05, 4.69) is 26.8 Å². The summed E-state index contributed by atoms with van der Waals surface area (Å²) >= 11 is 0. The van der Waals surface area contributed by atoms with Crippen LogP contribution in [0.25, 0.3) is 0 Å². The second kappa shape index (κ2) is 9.55. The van der Waals surface area contributed by atoms with Crippen LogP contribution in [0.2, 0.25) is 0 Å². The summed E-state index contributed by atoms with van der Waals surface area (Å²) in [7, 11) is 1.59. The van der Waals surface area contributed by atoms with Gasteiger partial charge in [-0.1, -0.05) is 18.2 Å². The number of aryl methyl sites for hydroxylation is 1. The minimum Gasteiger partial charge on any atom is -0.347 e. The van der Waals surface area contributed by atoms with Crippen molar-refractivity contribution in [1.82, 2.24) is 25.1 Å². The summed E-state index contributed by atoms with van der Waals surface area (Å²) in [6.07, 6.45) is 1.96. The van der Waals surface area contributed by atoms with Gasteiger partial charge in [0, 0.05) is 45.1 Å². The number of halogens is 3. The molecule has 31 heavy (non-hydrogen) atoms. The summed E-state index contributed by atoms with van der Waals surface area (Å²) in [5, 5.41) is 2.66. The molecule has 0 saturated carbocycles. The monoisotopic (exact) mass is 435 g/mol. The third-order valence-corrected chi connectivity index (χ3v) is 5.77. The van der Waals surface area contributed by atoms with Gasteiger partial charge in [-0.05, 0) is 37.0 Å². The summed E-state index contributed by atoms with van der Waals surface area (Å²) < 4.78 is 40.5. The van der Waals surface area contributed by atoms with Crippen LogP contribution in [0.5, 0.6) is 0 Å². The Hall–Kier alpha value is -2.81. The van der Waals surface area contributed by atoms with E-state index in [1.165, 1.54) is 19.1 Å². The lowest BCUT2D eigenvalue weighted by Gasteiger charge is -2.40. The molecule has 0 bridgehead atoms. The van der Waals surface area contributed by atoms with Gasteiger partial charge in [-0.15, -0.1) is 6.58 Å². The van der Waals surface area contributed by atoms with Crippen molar-refractivity contribution in [2.45, 2.75) is 38.0 Å². The zero-order valence-corrected chi connectivity index (χ0v) is 17.7. The molecular weight excluding hydrogens is 407 g/mol. The molecule has 1 aromatic carbocycles. The van der Waals surface area contributed by atoms with Gasteiger partial charge in [-0.3, -0.25) is 4.90 Å². The van der Waals surface area contributed by atoms with Crippen LogP contribution in [0.1, 0.15) is 41.4 Å². The SMILES string of the molecule is C=CCN(C(=O)NC)C1CCN(C(c2ccc(C)c(C(F)(F)F)c2)c2ncc[nH]2)CC1. The van der Waals surface area contributed by atoms with Crippen LogP contribution in [0.3, 0.4) is 0 Å². The summed E-state index contributed by atoms with van der Waals surface area (Å²) in [4.78, 5) is 23.5. The van der Waals surface area contributed by atoms with Crippen LogP contribution in [0, 0.1) is 6.92 Å². The summed E-state index contributed by atoms with van der Waals surface area (Å²) in [6, 6.07) is 3.93. The first-order valence-electron chi connectivity index (χ1n) is 10.3. The number of imidazole rings is 1. The number of amides is 2. The lowest BCUT2D eigenvalue weighted by Crippen LogP contribution is -2.50. The lowest BCUT2D eigenvalue weighted by atomic mass is 9.95. The Bertz CT molecular complexity index is 889.